The van der Waals surface area contributed by atoms with Crippen molar-refractivity contribution < 1.29 is 13.5 Å². The van der Waals surface area contributed by atoms with Crippen LogP contribution in [-0.2, 0) is 9.84 Å². The quantitative estimate of drug-likeness (QED) is 0.559. The second-order valence-electron chi connectivity index (χ2n) is 2.54. The zero-order valence-corrected chi connectivity index (χ0v) is 7.78. The molecule has 4 nitrogen and oxygen atoms in total. The Morgan fingerprint density at radius 3 is 2.18 bits per heavy atom. The Balaban J connectivity index is 0.000001000. The molecule has 0 bridgehead atoms. The van der Waals surface area contributed by atoms with Gasteiger partial charge in [-0.05, 0) is 7.05 Å². The van der Waals surface area contributed by atoms with Crippen LogP contribution in [0.1, 0.15) is 0 Å². The molecular weight excluding hydrogens is 190 g/mol. The zero-order chi connectivity index (χ0) is 7.78. The predicted molar refractivity (Wildman–Crippen MR) is 44.8 cm³/mol. The molecule has 0 aromatic heterocycles. The molecule has 6 heteroatoms. The van der Waals surface area contributed by atoms with Crippen LogP contribution in [0.3, 0.4) is 0 Å². The minimum Gasteiger partial charge on any atom is -0.390 e. The first-order valence-electron chi connectivity index (χ1n) is 3.11. The summed E-state index contributed by atoms with van der Waals surface area (Å²) < 4.78 is 21.6. The van der Waals surface area contributed by atoms with Crippen molar-refractivity contribution in [1.82, 2.24) is 5.32 Å². The molecule has 2 atom stereocenters. The number of halogens is 1. The molecular formula is C5H12ClNO3S. The van der Waals surface area contributed by atoms with Gasteiger partial charge in [-0.3, -0.25) is 0 Å². The van der Waals surface area contributed by atoms with Crippen LogP contribution in [0.4, 0.5) is 0 Å². The van der Waals surface area contributed by atoms with E-state index in [0.29, 0.717) is 0 Å². The standard InChI is InChI=1S/C5H11NO3S.ClH/c1-6-4-2-10(8,9)3-5(4)7;/h4-7H,2-3H2,1H3;1H. The maximum Gasteiger partial charge on any atom is 0.154 e. The van der Waals surface area contributed by atoms with Crippen molar-refractivity contribution in [2.75, 3.05) is 18.6 Å². The molecule has 11 heavy (non-hydrogen) atoms. The molecule has 1 rings (SSSR count). The van der Waals surface area contributed by atoms with E-state index in [-0.39, 0.29) is 30.0 Å². The molecule has 0 spiro atoms. The fourth-order valence-electron chi connectivity index (χ4n) is 1.10. The van der Waals surface area contributed by atoms with Crippen molar-refractivity contribution >= 4 is 22.2 Å². The fourth-order valence-corrected chi connectivity index (χ4v) is 2.93. The van der Waals surface area contributed by atoms with Crippen LogP contribution in [0.15, 0.2) is 0 Å². The van der Waals surface area contributed by atoms with Crippen LogP contribution in [0.25, 0.3) is 0 Å². The average molecular weight is 202 g/mol. The Bertz CT molecular complexity index is 216. The van der Waals surface area contributed by atoms with Crippen molar-refractivity contribution in [1.29, 1.82) is 0 Å². The molecule has 2 N–H and O–H groups in total. The highest BCUT2D eigenvalue weighted by Crippen LogP contribution is 2.11. The number of aliphatic hydroxyl groups is 1. The third-order valence-corrected chi connectivity index (χ3v) is 3.41. The van der Waals surface area contributed by atoms with Gasteiger partial charge in [-0.25, -0.2) is 8.42 Å². The summed E-state index contributed by atoms with van der Waals surface area (Å²) in [5, 5.41) is 11.8. The summed E-state index contributed by atoms with van der Waals surface area (Å²) in [7, 11) is -1.32. The van der Waals surface area contributed by atoms with Crippen molar-refractivity contribution in [2.24, 2.45) is 0 Å². The van der Waals surface area contributed by atoms with Gasteiger partial charge in [-0.1, -0.05) is 0 Å². The highest BCUT2D eigenvalue weighted by atomic mass is 35.5. The van der Waals surface area contributed by atoms with Gasteiger partial charge in [0.05, 0.1) is 17.6 Å². The maximum absolute atomic E-state index is 10.8. The summed E-state index contributed by atoms with van der Waals surface area (Å²) in [6.45, 7) is 0. The lowest BCUT2D eigenvalue weighted by molar-refractivity contribution is 0.170. The summed E-state index contributed by atoms with van der Waals surface area (Å²) >= 11 is 0. The fraction of sp³-hybridized carbons (Fsp3) is 1.00. The number of likely N-dealkylation sites (N-methyl/N-ethyl adjacent to an activating group) is 1. The van der Waals surface area contributed by atoms with E-state index in [1.54, 1.807) is 7.05 Å². The van der Waals surface area contributed by atoms with Crippen molar-refractivity contribution in [3.8, 4) is 0 Å². The monoisotopic (exact) mass is 201 g/mol. The summed E-state index contributed by atoms with van der Waals surface area (Å²) in [6, 6.07) is -0.273. The molecule has 0 aliphatic carbocycles. The Morgan fingerprint density at radius 1 is 1.45 bits per heavy atom. The molecule has 68 valence electrons. The minimum atomic E-state index is -2.97. The smallest absolute Gasteiger partial charge is 0.154 e. The summed E-state index contributed by atoms with van der Waals surface area (Å²) in [4.78, 5) is 0. The zero-order valence-electron chi connectivity index (χ0n) is 6.15. The Kier molecular flexibility index (Phi) is 3.76. The second-order valence-corrected chi connectivity index (χ2v) is 4.69. The van der Waals surface area contributed by atoms with Gasteiger partial charge in [0.2, 0.25) is 0 Å². The van der Waals surface area contributed by atoms with Crippen LogP contribution in [0, 0.1) is 0 Å². The van der Waals surface area contributed by atoms with Crippen LogP contribution in [0.5, 0.6) is 0 Å². The number of sulfone groups is 1. The van der Waals surface area contributed by atoms with Crippen molar-refractivity contribution in [3.05, 3.63) is 0 Å². The van der Waals surface area contributed by atoms with E-state index in [9.17, 15) is 8.42 Å². The van der Waals surface area contributed by atoms with Crippen LogP contribution in [0.2, 0.25) is 0 Å². The molecule has 1 aliphatic rings. The van der Waals surface area contributed by atoms with Gasteiger partial charge in [0.1, 0.15) is 0 Å². The van der Waals surface area contributed by atoms with Gasteiger partial charge in [-0.2, -0.15) is 0 Å². The number of hydrogen-bond acceptors (Lipinski definition) is 4. The number of hydrogen-bond donors (Lipinski definition) is 2. The molecule has 1 saturated heterocycles. The third kappa shape index (κ3) is 2.59. The van der Waals surface area contributed by atoms with Crippen molar-refractivity contribution in [3.63, 3.8) is 0 Å². The van der Waals surface area contributed by atoms with E-state index in [0.717, 1.165) is 0 Å². The first kappa shape index (κ1) is 11.2. The first-order chi connectivity index (χ1) is 4.55. The largest absolute Gasteiger partial charge is 0.390 e. The lowest BCUT2D eigenvalue weighted by atomic mass is 10.2. The van der Waals surface area contributed by atoms with Gasteiger partial charge in [0.15, 0.2) is 9.84 Å². The van der Waals surface area contributed by atoms with Gasteiger partial charge < -0.3 is 10.4 Å². The van der Waals surface area contributed by atoms with Crippen LogP contribution >= 0.6 is 12.4 Å². The van der Waals surface area contributed by atoms with Crippen molar-refractivity contribution in [2.45, 2.75) is 12.1 Å². The third-order valence-electron chi connectivity index (χ3n) is 1.69. The topological polar surface area (TPSA) is 66.4 Å². The van der Waals surface area contributed by atoms with E-state index < -0.39 is 15.9 Å². The van der Waals surface area contributed by atoms with Crippen LogP contribution in [-0.4, -0.2) is 44.2 Å². The number of nitrogens with one attached hydrogen (secondary N) is 1. The average Bonchev–Trinajstić information content (AvgIpc) is 2.05. The van der Waals surface area contributed by atoms with Gasteiger partial charge in [-0.15, -0.1) is 12.4 Å². The molecule has 0 aromatic rings. The Hall–Kier alpha value is 0.160. The SMILES string of the molecule is CNC1CS(=O)(=O)CC1O.Cl. The van der Waals surface area contributed by atoms with Gasteiger partial charge >= 0.3 is 0 Å². The minimum absolute atomic E-state index is 0. The molecule has 1 heterocycles. The molecule has 0 amide bonds. The molecule has 2 unspecified atom stereocenters. The van der Waals surface area contributed by atoms with E-state index >= 15 is 0 Å². The second kappa shape index (κ2) is 3.71. The lowest BCUT2D eigenvalue weighted by Gasteiger charge is -2.09. The molecule has 0 saturated carbocycles. The maximum atomic E-state index is 10.8. The molecule has 1 aliphatic heterocycles. The van der Waals surface area contributed by atoms with E-state index in [1.807, 2.05) is 0 Å². The first-order valence-corrected chi connectivity index (χ1v) is 4.93. The number of rotatable bonds is 1. The predicted octanol–water partition coefficient (Wildman–Crippen LogP) is -1.21. The van der Waals surface area contributed by atoms with E-state index in [4.69, 9.17) is 5.11 Å². The molecule has 0 aromatic carbocycles. The highest BCUT2D eigenvalue weighted by Gasteiger charge is 2.34. The Morgan fingerprint density at radius 2 is 2.00 bits per heavy atom. The summed E-state index contributed by atoms with van der Waals surface area (Å²) in [5.41, 5.74) is 0. The summed E-state index contributed by atoms with van der Waals surface area (Å²) in [6.07, 6.45) is -0.727. The van der Waals surface area contributed by atoms with Gasteiger partial charge in [0, 0.05) is 6.04 Å². The van der Waals surface area contributed by atoms with Crippen LogP contribution < -0.4 is 5.32 Å². The number of aliphatic hydroxyl groups excluding tert-OH is 1. The van der Waals surface area contributed by atoms with Gasteiger partial charge in [0.25, 0.3) is 0 Å². The summed E-state index contributed by atoms with van der Waals surface area (Å²) in [5.74, 6) is -0.0385. The Labute approximate surface area is 72.3 Å². The van der Waals surface area contributed by atoms with E-state index in [2.05, 4.69) is 5.32 Å². The van der Waals surface area contributed by atoms with E-state index in [1.165, 1.54) is 0 Å². The highest BCUT2D eigenvalue weighted by molar-refractivity contribution is 7.91. The molecule has 0 radical (unpaired) electrons. The molecule has 1 fully saturated rings. The normalized spacial score (nSPS) is 34.7. The lowest BCUT2D eigenvalue weighted by Crippen LogP contribution is -2.35.